The van der Waals surface area contributed by atoms with Gasteiger partial charge < -0.3 is 19.7 Å². The van der Waals surface area contributed by atoms with Crippen molar-refractivity contribution in [1.29, 1.82) is 0 Å². The van der Waals surface area contributed by atoms with E-state index in [2.05, 4.69) is 5.32 Å². The standard InChI is InChI=1S/C26H26N2O4/c1-18-16-20(12-13-22(18)31-2)26(30)28-17-24(32-23-11-7-6-10-21(23)28)25(29)27-15-14-19-8-4-3-5-9-19/h3-13,16,24H,14-15,17H2,1-2H3,(H,27,29)/t24-/m1/s1. The number of anilines is 1. The van der Waals surface area contributed by atoms with E-state index in [9.17, 15) is 9.59 Å². The van der Waals surface area contributed by atoms with E-state index in [1.54, 1.807) is 36.3 Å². The minimum Gasteiger partial charge on any atom is -0.496 e. The quantitative estimate of drug-likeness (QED) is 0.647. The Bertz CT molecular complexity index is 1110. The molecule has 32 heavy (non-hydrogen) atoms. The number of hydrogen-bond donors (Lipinski definition) is 1. The minimum atomic E-state index is -0.788. The molecular formula is C26H26N2O4. The highest BCUT2D eigenvalue weighted by atomic mass is 16.5. The summed E-state index contributed by atoms with van der Waals surface area (Å²) in [5.41, 5.74) is 3.20. The first-order chi connectivity index (χ1) is 15.6. The second kappa shape index (κ2) is 9.56. The SMILES string of the molecule is COc1ccc(C(=O)N2C[C@H](C(=O)NCCc3ccccc3)Oc3ccccc32)cc1C. The maximum atomic E-state index is 13.4. The van der Waals surface area contributed by atoms with Crippen LogP contribution >= 0.6 is 0 Å². The number of methoxy groups -OCH3 is 1. The molecule has 0 fully saturated rings. The van der Waals surface area contributed by atoms with Crippen molar-refractivity contribution in [1.82, 2.24) is 5.32 Å². The average Bonchev–Trinajstić information content (AvgIpc) is 2.83. The number of nitrogens with zero attached hydrogens (tertiary/aromatic N) is 1. The van der Waals surface area contributed by atoms with Crippen LogP contribution in [0.1, 0.15) is 21.5 Å². The molecule has 1 heterocycles. The van der Waals surface area contributed by atoms with E-state index in [-0.39, 0.29) is 18.4 Å². The number of carbonyl (C=O) groups excluding carboxylic acids is 2. The molecule has 0 aromatic heterocycles. The van der Waals surface area contributed by atoms with E-state index >= 15 is 0 Å². The Morgan fingerprint density at radius 2 is 1.81 bits per heavy atom. The molecule has 3 aromatic rings. The number of carbonyl (C=O) groups is 2. The van der Waals surface area contributed by atoms with Crippen LogP contribution in [0, 0.1) is 6.92 Å². The average molecular weight is 431 g/mol. The van der Waals surface area contributed by atoms with Crippen molar-refractivity contribution in [3.05, 3.63) is 89.5 Å². The molecule has 0 unspecified atom stereocenters. The Kier molecular flexibility index (Phi) is 6.40. The smallest absolute Gasteiger partial charge is 0.262 e. The number of benzene rings is 3. The van der Waals surface area contributed by atoms with Crippen molar-refractivity contribution in [2.45, 2.75) is 19.4 Å². The first-order valence-electron chi connectivity index (χ1n) is 10.6. The molecule has 4 rings (SSSR count). The predicted octanol–water partition coefficient (Wildman–Crippen LogP) is 3.77. The van der Waals surface area contributed by atoms with Gasteiger partial charge in [-0.15, -0.1) is 0 Å². The Labute approximate surface area is 187 Å². The van der Waals surface area contributed by atoms with Gasteiger partial charge in [-0.05, 0) is 54.8 Å². The molecule has 0 radical (unpaired) electrons. The zero-order chi connectivity index (χ0) is 22.5. The van der Waals surface area contributed by atoms with Gasteiger partial charge in [0.05, 0.1) is 19.3 Å². The highest BCUT2D eigenvalue weighted by molar-refractivity contribution is 6.08. The molecule has 1 aliphatic heterocycles. The summed E-state index contributed by atoms with van der Waals surface area (Å²) in [5.74, 6) is 0.813. The Hall–Kier alpha value is -3.80. The third kappa shape index (κ3) is 4.59. The van der Waals surface area contributed by atoms with Crippen molar-refractivity contribution in [3.8, 4) is 11.5 Å². The number of hydrogen-bond acceptors (Lipinski definition) is 4. The lowest BCUT2D eigenvalue weighted by molar-refractivity contribution is -0.127. The van der Waals surface area contributed by atoms with Crippen LogP contribution in [0.5, 0.6) is 11.5 Å². The van der Waals surface area contributed by atoms with Crippen LogP contribution in [-0.2, 0) is 11.2 Å². The summed E-state index contributed by atoms with van der Waals surface area (Å²) in [6.45, 7) is 2.53. The fourth-order valence-electron chi connectivity index (χ4n) is 3.82. The molecule has 0 aliphatic carbocycles. The normalized spacial score (nSPS) is 14.8. The number of aryl methyl sites for hydroxylation is 1. The molecule has 0 saturated carbocycles. The maximum absolute atomic E-state index is 13.4. The van der Waals surface area contributed by atoms with Crippen LogP contribution in [0.3, 0.4) is 0 Å². The number of amides is 2. The summed E-state index contributed by atoms with van der Waals surface area (Å²) >= 11 is 0. The number of para-hydroxylation sites is 2. The molecule has 0 bridgehead atoms. The van der Waals surface area contributed by atoms with Gasteiger partial charge in [0.2, 0.25) is 0 Å². The summed E-state index contributed by atoms with van der Waals surface area (Å²) in [6, 6.07) is 22.6. The summed E-state index contributed by atoms with van der Waals surface area (Å²) in [5, 5.41) is 2.94. The molecule has 6 heteroatoms. The van der Waals surface area contributed by atoms with Crippen molar-refractivity contribution < 1.29 is 19.1 Å². The van der Waals surface area contributed by atoms with Crippen LogP contribution in [0.4, 0.5) is 5.69 Å². The monoisotopic (exact) mass is 430 g/mol. The summed E-state index contributed by atoms with van der Waals surface area (Å²) in [7, 11) is 1.60. The number of fused-ring (bicyclic) bond motifs is 1. The fraction of sp³-hybridized carbons (Fsp3) is 0.231. The molecule has 1 atom stereocenters. The van der Waals surface area contributed by atoms with Gasteiger partial charge in [-0.2, -0.15) is 0 Å². The fourth-order valence-corrected chi connectivity index (χ4v) is 3.82. The molecule has 0 saturated heterocycles. The maximum Gasteiger partial charge on any atom is 0.262 e. The molecule has 2 amide bonds. The van der Waals surface area contributed by atoms with Crippen LogP contribution in [-0.4, -0.2) is 38.1 Å². The van der Waals surface area contributed by atoms with Crippen molar-refractivity contribution >= 4 is 17.5 Å². The largest absolute Gasteiger partial charge is 0.496 e. The van der Waals surface area contributed by atoms with Gasteiger partial charge >= 0.3 is 0 Å². The summed E-state index contributed by atoms with van der Waals surface area (Å²) in [4.78, 5) is 27.8. The minimum absolute atomic E-state index is 0.137. The van der Waals surface area contributed by atoms with Crippen molar-refractivity contribution in [3.63, 3.8) is 0 Å². The first-order valence-corrected chi connectivity index (χ1v) is 10.6. The molecule has 1 aliphatic rings. The second-order valence-electron chi connectivity index (χ2n) is 7.70. The van der Waals surface area contributed by atoms with Gasteiger partial charge in [0.1, 0.15) is 11.5 Å². The van der Waals surface area contributed by atoms with E-state index in [0.717, 1.165) is 23.3 Å². The Morgan fingerprint density at radius 3 is 2.56 bits per heavy atom. The lowest BCUT2D eigenvalue weighted by Crippen LogP contribution is -2.51. The van der Waals surface area contributed by atoms with Gasteiger partial charge in [-0.3, -0.25) is 9.59 Å². The number of ether oxygens (including phenoxy) is 2. The van der Waals surface area contributed by atoms with Crippen LogP contribution in [0.15, 0.2) is 72.8 Å². The van der Waals surface area contributed by atoms with Gasteiger partial charge in [0, 0.05) is 12.1 Å². The molecule has 0 spiro atoms. The van der Waals surface area contributed by atoms with E-state index in [1.807, 2.05) is 55.5 Å². The van der Waals surface area contributed by atoms with Crippen LogP contribution in [0.2, 0.25) is 0 Å². The number of rotatable bonds is 6. The van der Waals surface area contributed by atoms with Crippen molar-refractivity contribution in [2.75, 3.05) is 25.1 Å². The Balaban J connectivity index is 1.50. The lowest BCUT2D eigenvalue weighted by atomic mass is 10.1. The third-order valence-electron chi connectivity index (χ3n) is 5.51. The Morgan fingerprint density at radius 1 is 1.06 bits per heavy atom. The van der Waals surface area contributed by atoms with Gasteiger partial charge in [-0.1, -0.05) is 42.5 Å². The summed E-state index contributed by atoms with van der Waals surface area (Å²) < 4.78 is 11.2. The molecule has 1 N–H and O–H groups in total. The first kappa shape index (κ1) is 21.4. The topological polar surface area (TPSA) is 67.9 Å². The van der Waals surface area contributed by atoms with E-state index < -0.39 is 6.10 Å². The van der Waals surface area contributed by atoms with E-state index in [4.69, 9.17) is 9.47 Å². The van der Waals surface area contributed by atoms with Crippen LogP contribution < -0.4 is 19.7 Å². The summed E-state index contributed by atoms with van der Waals surface area (Å²) in [6.07, 6.45) is -0.0621. The van der Waals surface area contributed by atoms with Gasteiger partial charge in [-0.25, -0.2) is 0 Å². The van der Waals surface area contributed by atoms with Gasteiger partial charge in [0.25, 0.3) is 11.8 Å². The molecular weight excluding hydrogens is 404 g/mol. The molecule has 3 aromatic carbocycles. The second-order valence-corrected chi connectivity index (χ2v) is 7.70. The third-order valence-corrected chi connectivity index (χ3v) is 5.51. The van der Waals surface area contributed by atoms with E-state index in [1.165, 1.54) is 0 Å². The predicted molar refractivity (Wildman–Crippen MR) is 123 cm³/mol. The lowest BCUT2D eigenvalue weighted by Gasteiger charge is -2.34. The van der Waals surface area contributed by atoms with Crippen LogP contribution in [0.25, 0.3) is 0 Å². The zero-order valence-corrected chi connectivity index (χ0v) is 18.2. The highest BCUT2D eigenvalue weighted by Gasteiger charge is 2.34. The number of nitrogens with one attached hydrogen (secondary N) is 1. The van der Waals surface area contributed by atoms with Gasteiger partial charge in [0.15, 0.2) is 6.10 Å². The molecule has 6 nitrogen and oxygen atoms in total. The van der Waals surface area contributed by atoms with E-state index in [0.29, 0.717) is 23.5 Å². The molecule has 164 valence electrons. The van der Waals surface area contributed by atoms with Crippen molar-refractivity contribution in [2.24, 2.45) is 0 Å². The highest BCUT2D eigenvalue weighted by Crippen LogP contribution is 2.34. The zero-order valence-electron chi connectivity index (χ0n) is 18.2.